The fourth-order valence-electron chi connectivity index (χ4n) is 2.95. The second-order valence-electron chi connectivity index (χ2n) is 6.20. The molecule has 148 valence electrons. The Morgan fingerprint density at radius 3 is 2.59 bits per heavy atom. The molecule has 10 heteroatoms. The molecule has 1 fully saturated rings. The maximum Gasteiger partial charge on any atom is 0.410 e. The molecule has 10 nitrogen and oxygen atoms in total. The Balaban J connectivity index is 1.99. The van der Waals surface area contributed by atoms with Gasteiger partial charge in [-0.05, 0) is 26.0 Å². The molecule has 1 aromatic carbocycles. The third kappa shape index (κ3) is 5.07. The zero-order valence-electron chi connectivity index (χ0n) is 15.7. The number of quaternary nitrogens is 1. The Morgan fingerprint density at radius 1 is 1.37 bits per heavy atom. The van der Waals surface area contributed by atoms with Gasteiger partial charge >= 0.3 is 6.09 Å². The van der Waals surface area contributed by atoms with Gasteiger partial charge in [-0.15, -0.1) is 0 Å². The summed E-state index contributed by atoms with van der Waals surface area (Å²) < 4.78 is 9.97. The van der Waals surface area contributed by atoms with Crippen molar-refractivity contribution in [3.05, 3.63) is 28.3 Å². The first-order chi connectivity index (χ1) is 12.9. The molecule has 1 aromatic rings. The van der Waals surface area contributed by atoms with Crippen LogP contribution in [0.3, 0.4) is 0 Å². The van der Waals surface area contributed by atoms with E-state index in [1.54, 1.807) is 24.8 Å². The van der Waals surface area contributed by atoms with Crippen molar-refractivity contribution < 1.29 is 28.9 Å². The lowest BCUT2D eigenvalue weighted by Gasteiger charge is -2.34. The van der Waals surface area contributed by atoms with E-state index in [1.807, 2.05) is 0 Å². The normalized spacial score (nSPS) is 15.7. The largest absolute Gasteiger partial charge is 0.496 e. The van der Waals surface area contributed by atoms with E-state index in [0.29, 0.717) is 38.5 Å². The van der Waals surface area contributed by atoms with E-state index in [2.05, 4.69) is 5.32 Å². The van der Waals surface area contributed by atoms with E-state index in [-0.39, 0.29) is 23.4 Å². The van der Waals surface area contributed by atoms with Gasteiger partial charge in [-0.25, -0.2) is 4.79 Å². The van der Waals surface area contributed by atoms with Gasteiger partial charge in [0.1, 0.15) is 11.4 Å². The van der Waals surface area contributed by atoms with Gasteiger partial charge in [0.05, 0.1) is 50.9 Å². The number of piperazine rings is 1. The molecule has 27 heavy (non-hydrogen) atoms. The van der Waals surface area contributed by atoms with Crippen LogP contribution in [0, 0.1) is 10.1 Å². The Labute approximate surface area is 157 Å². The summed E-state index contributed by atoms with van der Waals surface area (Å²) in [4.78, 5) is 37.6. The molecule has 1 saturated heterocycles. The van der Waals surface area contributed by atoms with Crippen LogP contribution in [0.4, 0.5) is 16.2 Å². The van der Waals surface area contributed by atoms with Crippen LogP contribution in [-0.4, -0.2) is 67.8 Å². The minimum Gasteiger partial charge on any atom is -0.496 e. The number of amides is 2. The summed E-state index contributed by atoms with van der Waals surface area (Å²) in [6.07, 6.45) is -0.345. The van der Waals surface area contributed by atoms with Gasteiger partial charge in [0.15, 0.2) is 6.04 Å². The third-order valence-electron chi connectivity index (χ3n) is 4.60. The van der Waals surface area contributed by atoms with Crippen molar-refractivity contribution in [3.63, 3.8) is 0 Å². The smallest absolute Gasteiger partial charge is 0.410 e. The van der Waals surface area contributed by atoms with E-state index in [9.17, 15) is 19.7 Å². The van der Waals surface area contributed by atoms with Crippen LogP contribution in [0.1, 0.15) is 13.8 Å². The summed E-state index contributed by atoms with van der Waals surface area (Å²) >= 11 is 0. The van der Waals surface area contributed by atoms with E-state index in [0.717, 1.165) is 4.90 Å². The van der Waals surface area contributed by atoms with Gasteiger partial charge in [-0.1, -0.05) is 0 Å². The number of carbonyl (C=O) groups excluding carboxylic acids is 2. The Morgan fingerprint density at radius 2 is 2.04 bits per heavy atom. The van der Waals surface area contributed by atoms with Crippen LogP contribution in [0.5, 0.6) is 5.75 Å². The van der Waals surface area contributed by atoms with Gasteiger partial charge in [0.2, 0.25) is 0 Å². The first kappa shape index (κ1) is 20.4. The average molecular weight is 381 g/mol. The highest BCUT2D eigenvalue weighted by atomic mass is 16.6. The van der Waals surface area contributed by atoms with Crippen LogP contribution >= 0.6 is 0 Å². The zero-order chi connectivity index (χ0) is 20.0. The number of hydrogen-bond donors (Lipinski definition) is 2. The number of rotatable bonds is 6. The van der Waals surface area contributed by atoms with Crippen molar-refractivity contribution in [1.82, 2.24) is 4.90 Å². The molecule has 0 spiro atoms. The third-order valence-corrected chi connectivity index (χ3v) is 4.60. The van der Waals surface area contributed by atoms with Crippen LogP contribution in [0.2, 0.25) is 0 Å². The molecule has 0 saturated carbocycles. The quantitative estimate of drug-likeness (QED) is 0.540. The monoisotopic (exact) mass is 381 g/mol. The van der Waals surface area contributed by atoms with E-state index in [1.165, 1.54) is 19.2 Å². The van der Waals surface area contributed by atoms with Gasteiger partial charge < -0.3 is 19.7 Å². The number of nitrogens with zero attached hydrogens (tertiary/aromatic N) is 2. The van der Waals surface area contributed by atoms with Crippen molar-refractivity contribution in [2.45, 2.75) is 19.9 Å². The maximum atomic E-state index is 12.6. The lowest BCUT2D eigenvalue weighted by molar-refractivity contribution is -0.917. The fourth-order valence-corrected chi connectivity index (χ4v) is 2.95. The topological polar surface area (TPSA) is 115 Å². The summed E-state index contributed by atoms with van der Waals surface area (Å²) in [7, 11) is 1.42. The standard InChI is InChI=1S/C17H24N4O6/c1-4-27-17(23)20-9-7-19(8-10-20)12(2)16(22)18-14-6-5-13(26-3)11-15(14)21(24)25/h5-6,11-12H,4,7-10H2,1-3H3,(H,18,22)/p+1/t12-/m1/s1. The van der Waals surface area contributed by atoms with Gasteiger partial charge in [-0.2, -0.15) is 0 Å². The maximum absolute atomic E-state index is 12.6. The van der Waals surface area contributed by atoms with Gasteiger partial charge in [-0.3, -0.25) is 19.8 Å². The number of nitro groups is 1. The SMILES string of the molecule is CCOC(=O)N1CC[NH+]([C@H](C)C(=O)Nc2ccc(OC)cc2[N+](=O)[O-])CC1. The number of ether oxygens (including phenoxy) is 2. The molecule has 2 rings (SSSR count). The summed E-state index contributed by atoms with van der Waals surface area (Å²) in [6, 6.07) is 3.86. The molecule has 0 aliphatic carbocycles. The number of hydrogen-bond acceptors (Lipinski definition) is 6. The van der Waals surface area contributed by atoms with Crippen LogP contribution in [-0.2, 0) is 9.53 Å². The molecule has 0 radical (unpaired) electrons. The lowest BCUT2D eigenvalue weighted by Crippen LogP contribution is -3.19. The predicted molar refractivity (Wildman–Crippen MR) is 97.0 cm³/mol. The predicted octanol–water partition coefficient (Wildman–Crippen LogP) is 0.287. The van der Waals surface area contributed by atoms with E-state index >= 15 is 0 Å². The number of anilines is 1. The Kier molecular flexibility index (Phi) is 6.94. The molecule has 2 N–H and O–H groups in total. The second-order valence-corrected chi connectivity index (χ2v) is 6.20. The minimum absolute atomic E-state index is 0.127. The molecule has 2 amide bonds. The fraction of sp³-hybridized carbons (Fsp3) is 0.529. The highest BCUT2D eigenvalue weighted by molar-refractivity contribution is 5.95. The average Bonchev–Trinajstić information content (AvgIpc) is 2.67. The number of carbonyl (C=O) groups is 2. The number of nitro benzene ring substituents is 1. The number of benzene rings is 1. The zero-order valence-corrected chi connectivity index (χ0v) is 15.7. The molecule has 0 bridgehead atoms. The first-order valence-corrected chi connectivity index (χ1v) is 8.77. The first-order valence-electron chi connectivity index (χ1n) is 8.77. The molecular weight excluding hydrogens is 356 g/mol. The highest BCUT2D eigenvalue weighted by Gasteiger charge is 2.32. The van der Waals surface area contributed by atoms with Crippen molar-refractivity contribution in [1.29, 1.82) is 0 Å². The van der Waals surface area contributed by atoms with Crippen LogP contribution < -0.4 is 15.0 Å². The van der Waals surface area contributed by atoms with Crippen molar-refractivity contribution in [2.75, 3.05) is 45.2 Å². The molecule has 1 aliphatic heterocycles. The van der Waals surface area contributed by atoms with Crippen LogP contribution in [0.25, 0.3) is 0 Å². The van der Waals surface area contributed by atoms with Crippen LogP contribution in [0.15, 0.2) is 18.2 Å². The van der Waals surface area contributed by atoms with Gasteiger partial charge in [0.25, 0.3) is 11.6 Å². The molecule has 1 aliphatic rings. The summed E-state index contributed by atoms with van der Waals surface area (Å²) in [5, 5.41) is 13.9. The summed E-state index contributed by atoms with van der Waals surface area (Å²) in [6.45, 7) is 6.02. The second kappa shape index (κ2) is 9.17. The molecule has 1 heterocycles. The van der Waals surface area contributed by atoms with E-state index in [4.69, 9.17) is 9.47 Å². The van der Waals surface area contributed by atoms with E-state index < -0.39 is 11.0 Å². The highest BCUT2D eigenvalue weighted by Crippen LogP contribution is 2.28. The molecule has 0 aromatic heterocycles. The lowest BCUT2D eigenvalue weighted by atomic mass is 10.2. The Bertz CT molecular complexity index is 703. The van der Waals surface area contributed by atoms with Crippen molar-refractivity contribution in [3.8, 4) is 5.75 Å². The van der Waals surface area contributed by atoms with Gasteiger partial charge in [0, 0.05) is 0 Å². The van der Waals surface area contributed by atoms with Crippen molar-refractivity contribution >= 4 is 23.4 Å². The summed E-state index contributed by atoms with van der Waals surface area (Å²) in [5.74, 6) is 0.0244. The molecule has 1 atom stereocenters. The minimum atomic E-state index is -0.562. The molecular formula is C17H25N4O6+. The summed E-state index contributed by atoms with van der Waals surface area (Å²) in [5.41, 5.74) is -0.0979. The number of methoxy groups -OCH3 is 1. The number of nitrogens with one attached hydrogen (secondary N) is 2. The molecule has 0 unspecified atom stereocenters. The van der Waals surface area contributed by atoms with Crippen molar-refractivity contribution in [2.24, 2.45) is 0 Å². The Hall–Kier alpha value is -2.88.